The van der Waals surface area contributed by atoms with Crippen LogP contribution in [0.15, 0.2) is 21.9 Å². The maximum absolute atomic E-state index is 12.0. The van der Waals surface area contributed by atoms with Crippen LogP contribution in [0.2, 0.25) is 0 Å². The molecular formula is C12H13N3O6. The lowest BCUT2D eigenvalue weighted by molar-refractivity contribution is -0.0231. The Morgan fingerprint density at radius 1 is 1.24 bits per heavy atom. The van der Waals surface area contributed by atoms with Gasteiger partial charge in [0.25, 0.3) is 5.56 Å². The van der Waals surface area contributed by atoms with Crippen molar-refractivity contribution in [2.24, 2.45) is 0 Å². The van der Waals surface area contributed by atoms with Crippen LogP contribution in [-0.4, -0.2) is 55.2 Å². The summed E-state index contributed by atoms with van der Waals surface area (Å²) in [5.74, 6) is 0. The number of hydrogen-bond acceptors (Lipinski definition) is 7. The van der Waals surface area contributed by atoms with Crippen LogP contribution in [0.5, 0.6) is 0 Å². The Morgan fingerprint density at radius 3 is 2.67 bits per heavy atom. The predicted molar refractivity (Wildman–Crippen MR) is 69.7 cm³/mol. The third-order valence-electron chi connectivity index (χ3n) is 3.50. The van der Waals surface area contributed by atoms with Crippen LogP contribution in [0.4, 0.5) is 0 Å². The standard InChI is InChI=1S/C12H13N3O6/c16-3-6-7(17)8(18)9(21-6)5-1-4-2-13-12(20)15-10(4)14-11(5)19/h1-2,6-9,16-18H,3H2,(H2,13,14,15,19,20)/t6-,7?,8?,9+/m1/s1. The van der Waals surface area contributed by atoms with Crippen LogP contribution in [-0.2, 0) is 4.74 Å². The topological polar surface area (TPSA) is 149 Å². The normalized spacial score (nSPS) is 29.1. The Morgan fingerprint density at radius 2 is 2.00 bits per heavy atom. The molecule has 9 heteroatoms. The maximum Gasteiger partial charge on any atom is 0.346 e. The van der Waals surface area contributed by atoms with Crippen LogP contribution in [0.25, 0.3) is 11.0 Å². The molecule has 1 saturated heterocycles. The van der Waals surface area contributed by atoms with E-state index in [9.17, 15) is 19.8 Å². The molecule has 3 heterocycles. The van der Waals surface area contributed by atoms with Crippen LogP contribution in [0.1, 0.15) is 11.7 Å². The number of nitrogens with one attached hydrogen (secondary N) is 2. The second-order valence-electron chi connectivity index (χ2n) is 4.83. The number of fused-ring (bicyclic) bond motifs is 1. The highest BCUT2D eigenvalue weighted by atomic mass is 16.6. The lowest BCUT2D eigenvalue weighted by Crippen LogP contribution is -2.33. The molecule has 1 fully saturated rings. The van der Waals surface area contributed by atoms with E-state index in [0.717, 1.165) is 0 Å². The number of nitrogens with zero attached hydrogens (tertiary/aromatic N) is 1. The fourth-order valence-corrected chi connectivity index (χ4v) is 2.40. The first kappa shape index (κ1) is 13.9. The van der Waals surface area contributed by atoms with Gasteiger partial charge in [0.2, 0.25) is 0 Å². The first-order valence-corrected chi connectivity index (χ1v) is 6.26. The predicted octanol–water partition coefficient (Wildman–Crippen LogP) is -2.23. The molecule has 0 amide bonds. The minimum absolute atomic E-state index is 0.0823. The molecule has 3 rings (SSSR count). The van der Waals surface area contributed by atoms with E-state index < -0.39 is 42.3 Å². The van der Waals surface area contributed by atoms with Gasteiger partial charge in [-0.25, -0.2) is 9.78 Å². The Balaban J connectivity index is 2.09. The fourth-order valence-electron chi connectivity index (χ4n) is 2.40. The number of aromatic amines is 2. The van der Waals surface area contributed by atoms with Crippen molar-refractivity contribution in [3.05, 3.63) is 38.7 Å². The quantitative estimate of drug-likeness (QED) is 0.421. The minimum Gasteiger partial charge on any atom is -0.394 e. The summed E-state index contributed by atoms with van der Waals surface area (Å²) >= 11 is 0. The third-order valence-corrected chi connectivity index (χ3v) is 3.50. The van der Waals surface area contributed by atoms with Gasteiger partial charge in [0.15, 0.2) is 0 Å². The number of aromatic nitrogens is 3. The van der Waals surface area contributed by atoms with Gasteiger partial charge in [0, 0.05) is 17.1 Å². The van der Waals surface area contributed by atoms with Crippen molar-refractivity contribution in [3.8, 4) is 0 Å². The highest BCUT2D eigenvalue weighted by molar-refractivity contribution is 5.73. The summed E-state index contributed by atoms with van der Waals surface area (Å²) in [5, 5.41) is 29.2. The number of rotatable bonds is 2. The molecule has 2 aromatic heterocycles. The Labute approximate surface area is 116 Å². The molecule has 0 bridgehead atoms. The van der Waals surface area contributed by atoms with E-state index in [-0.39, 0.29) is 11.2 Å². The zero-order valence-electron chi connectivity index (χ0n) is 10.7. The highest BCUT2D eigenvalue weighted by Crippen LogP contribution is 2.32. The zero-order valence-corrected chi connectivity index (χ0v) is 10.7. The van der Waals surface area contributed by atoms with Crippen LogP contribution < -0.4 is 11.2 Å². The Bertz CT molecular complexity index is 784. The molecule has 0 aliphatic carbocycles. The van der Waals surface area contributed by atoms with Gasteiger partial charge in [-0.1, -0.05) is 0 Å². The van der Waals surface area contributed by atoms with Gasteiger partial charge in [0.1, 0.15) is 30.1 Å². The number of hydrogen-bond donors (Lipinski definition) is 5. The first-order valence-electron chi connectivity index (χ1n) is 6.26. The second kappa shape index (κ2) is 5.04. The molecule has 2 aromatic rings. The fraction of sp³-hybridized carbons (Fsp3) is 0.417. The summed E-state index contributed by atoms with van der Waals surface area (Å²) in [6, 6.07) is 1.41. The van der Waals surface area contributed by atoms with Crippen LogP contribution in [0, 0.1) is 0 Å². The van der Waals surface area contributed by atoms with Gasteiger partial charge < -0.3 is 25.0 Å². The van der Waals surface area contributed by atoms with Crippen LogP contribution in [0.3, 0.4) is 0 Å². The van der Waals surface area contributed by atoms with Gasteiger partial charge in [-0.2, -0.15) is 0 Å². The molecule has 4 atom stereocenters. The summed E-state index contributed by atoms with van der Waals surface area (Å²) in [5.41, 5.74) is -0.882. The molecule has 1 aliphatic rings. The number of ether oxygens (including phenoxy) is 1. The molecular weight excluding hydrogens is 282 g/mol. The van der Waals surface area contributed by atoms with Crippen molar-refractivity contribution in [1.82, 2.24) is 15.0 Å². The van der Waals surface area contributed by atoms with Gasteiger partial charge in [-0.05, 0) is 6.07 Å². The molecule has 0 spiro atoms. The smallest absolute Gasteiger partial charge is 0.346 e. The SMILES string of the molecule is O=c1ncc2cc([C@@H]3O[C@H](CO)C(O)C3O)c(=O)[nH]c2[nH]1. The minimum atomic E-state index is -1.34. The summed E-state index contributed by atoms with van der Waals surface area (Å²) < 4.78 is 5.31. The van der Waals surface area contributed by atoms with Crippen molar-refractivity contribution < 1.29 is 20.1 Å². The van der Waals surface area contributed by atoms with Gasteiger partial charge in [-0.15, -0.1) is 0 Å². The van der Waals surface area contributed by atoms with E-state index in [0.29, 0.717) is 5.39 Å². The van der Waals surface area contributed by atoms with Gasteiger partial charge in [0.05, 0.1) is 6.61 Å². The van der Waals surface area contributed by atoms with Crippen molar-refractivity contribution in [2.45, 2.75) is 24.4 Å². The van der Waals surface area contributed by atoms with E-state index in [1.807, 2.05) is 0 Å². The molecule has 21 heavy (non-hydrogen) atoms. The lowest BCUT2D eigenvalue weighted by atomic mass is 10.0. The van der Waals surface area contributed by atoms with E-state index in [1.165, 1.54) is 12.3 Å². The summed E-state index contributed by atoms with van der Waals surface area (Å²) in [6.07, 6.45) is -3.39. The van der Waals surface area contributed by atoms with Crippen molar-refractivity contribution in [3.63, 3.8) is 0 Å². The van der Waals surface area contributed by atoms with Gasteiger partial charge >= 0.3 is 5.69 Å². The number of pyridine rings is 1. The van der Waals surface area contributed by atoms with E-state index in [4.69, 9.17) is 9.84 Å². The molecule has 0 aromatic carbocycles. The largest absolute Gasteiger partial charge is 0.394 e. The van der Waals surface area contributed by atoms with E-state index >= 15 is 0 Å². The molecule has 0 radical (unpaired) electrons. The first-order chi connectivity index (χ1) is 10.0. The van der Waals surface area contributed by atoms with Gasteiger partial charge in [-0.3, -0.25) is 9.78 Å². The molecule has 5 N–H and O–H groups in total. The third kappa shape index (κ3) is 2.25. The Kier molecular flexibility index (Phi) is 3.33. The molecule has 1 aliphatic heterocycles. The number of H-pyrrole nitrogens is 2. The maximum atomic E-state index is 12.0. The zero-order chi connectivity index (χ0) is 15.1. The summed E-state index contributed by atoms with van der Waals surface area (Å²) in [7, 11) is 0. The second-order valence-corrected chi connectivity index (χ2v) is 4.83. The molecule has 112 valence electrons. The summed E-state index contributed by atoms with van der Waals surface area (Å²) in [6.45, 7) is -0.477. The average Bonchev–Trinajstić information content (AvgIpc) is 2.74. The average molecular weight is 295 g/mol. The highest BCUT2D eigenvalue weighted by Gasteiger charge is 2.44. The van der Waals surface area contributed by atoms with E-state index in [2.05, 4.69) is 15.0 Å². The molecule has 0 saturated carbocycles. The van der Waals surface area contributed by atoms with E-state index in [1.54, 1.807) is 0 Å². The number of aliphatic hydroxyl groups is 3. The van der Waals surface area contributed by atoms with Crippen LogP contribution >= 0.6 is 0 Å². The molecule has 2 unspecified atom stereocenters. The van der Waals surface area contributed by atoms with Crippen molar-refractivity contribution in [2.75, 3.05) is 6.61 Å². The molecule has 9 nitrogen and oxygen atoms in total. The summed E-state index contributed by atoms with van der Waals surface area (Å²) in [4.78, 5) is 31.5. The van der Waals surface area contributed by atoms with Crippen molar-refractivity contribution >= 4 is 11.0 Å². The van der Waals surface area contributed by atoms with Crippen molar-refractivity contribution in [1.29, 1.82) is 0 Å². The monoisotopic (exact) mass is 295 g/mol. The Hall–Kier alpha value is -2.07. The number of aliphatic hydroxyl groups excluding tert-OH is 3. The lowest BCUT2D eigenvalue weighted by Gasteiger charge is -2.14.